The van der Waals surface area contributed by atoms with E-state index >= 15 is 0 Å². The van der Waals surface area contributed by atoms with Crippen molar-refractivity contribution in [3.8, 4) is 0 Å². The highest BCUT2D eigenvalue weighted by molar-refractivity contribution is 5.96. The number of anilines is 3. The fourth-order valence-corrected chi connectivity index (χ4v) is 2.66. The smallest absolute Gasteiger partial charge is 0.227 e. The molecule has 5 heteroatoms. The Kier molecular flexibility index (Phi) is 3.56. The Labute approximate surface area is 124 Å². The average Bonchev–Trinajstić information content (AvgIpc) is 2.47. The van der Waals surface area contributed by atoms with Crippen LogP contribution < -0.4 is 10.2 Å². The summed E-state index contributed by atoms with van der Waals surface area (Å²) in [7, 11) is 0. The summed E-state index contributed by atoms with van der Waals surface area (Å²) in [5.74, 6) is 0.985. The van der Waals surface area contributed by atoms with Gasteiger partial charge in [0.15, 0.2) is 0 Å². The molecule has 1 aliphatic heterocycles. The van der Waals surface area contributed by atoms with Crippen molar-refractivity contribution >= 4 is 23.1 Å². The van der Waals surface area contributed by atoms with Gasteiger partial charge in [-0.25, -0.2) is 9.97 Å². The van der Waals surface area contributed by atoms with E-state index in [1.165, 1.54) is 5.56 Å². The van der Waals surface area contributed by atoms with Crippen molar-refractivity contribution in [3.05, 3.63) is 41.9 Å². The largest absolute Gasteiger partial charge is 0.340 e. The predicted molar refractivity (Wildman–Crippen MR) is 82.8 cm³/mol. The van der Waals surface area contributed by atoms with Gasteiger partial charge >= 0.3 is 0 Å². The molecule has 0 bridgehead atoms. The number of carbonyl (C=O) groups excluding carboxylic acids is 1. The third-order valence-corrected chi connectivity index (χ3v) is 3.67. The number of aryl methyl sites for hydroxylation is 2. The van der Waals surface area contributed by atoms with Gasteiger partial charge in [-0.3, -0.25) is 4.79 Å². The maximum Gasteiger partial charge on any atom is 0.227 e. The van der Waals surface area contributed by atoms with Crippen LogP contribution in [0.15, 0.2) is 30.6 Å². The highest BCUT2D eigenvalue weighted by Gasteiger charge is 2.22. The molecular formula is C16H18N4O. The van der Waals surface area contributed by atoms with Gasteiger partial charge in [-0.05, 0) is 44.0 Å². The summed E-state index contributed by atoms with van der Waals surface area (Å²) >= 11 is 0. The standard InChI is InChI=1S/C16H18N4O/c1-3-20-14-6-5-13(9-12(14)4-7-16(20)21)19-15-8-11(2)17-10-18-15/h5-6,8-10H,3-4,7H2,1-2H3,(H,17,18,19). The predicted octanol–water partition coefficient (Wildman–Crippen LogP) is 2.83. The third kappa shape index (κ3) is 2.72. The van der Waals surface area contributed by atoms with Crippen molar-refractivity contribution < 1.29 is 4.79 Å². The Morgan fingerprint density at radius 1 is 1.24 bits per heavy atom. The second-order valence-corrected chi connectivity index (χ2v) is 5.15. The molecule has 1 aromatic carbocycles. The molecule has 3 rings (SSSR count). The van der Waals surface area contributed by atoms with E-state index < -0.39 is 0 Å². The Morgan fingerprint density at radius 2 is 2.10 bits per heavy atom. The van der Waals surface area contributed by atoms with Crippen LogP contribution in [0.1, 0.15) is 24.6 Å². The molecule has 108 valence electrons. The van der Waals surface area contributed by atoms with Crippen LogP contribution in [0.25, 0.3) is 0 Å². The number of aromatic nitrogens is 2. The van der Waals surface area contributed by atoms with Gasteiger partial charge in [-0.15, -0.1) is 0 Å². The molecular weight excluding hydrogens is 264 g/mol. The average molecular weight is 282 g/mol. The van der Waals surface area contributed by atoms with E-state index in [1.54, 1.807) is 6.33 Å². The highest BCUT2D eigenvalue weighted by Crippen LogP contribution is 2.30. The normalized spacial score (nSPS) is 14.0. The lowest BCUT2D eigenvalue weighted by atomic mass is 10.0. The fraction of sp³-hybridized carbons (Fsp3) is 0.312. The lowest BCUT2D eigenvalue weighted by Crippen LogP contribution is -2.34. The summed E-state index contributed by atoms with van der Waals surface area (Å²) < 4.78 is 0. The molecule has 1 amide bonds. The van der Waals surface area contributed by atoms with Crippen LogP contribution >= 0.6 is 0 Å². The number of hydrogen-bond donors (Lipinski definition) is 1. The number of benzene rings is 1. The number of nitrogens with zero attached hydrogens (tertiary/aromatic N) is 3. The summed E-state index contributed by atoms with van der Waals surface area (Å²) in [4.78, 5) is 22.0. The summed E-state index contributed by atoms with van der Waals surface area (Å²) in [6, 6.07) is 7.99. The maximum atomic E-state index is 11.9. The van der Waals surface area contributed by atoms with Gasteiger partial charge in [-0.2, -0.15) is 0 Å². The van der Waals surface area contributed by atoms with Crippen LogP contribution in [0.3, 0.4) is 0 Å². The number of rotatable bonds is 3. The Morgan fingerprint density at radius 3 is 2.86 bits per heavy atom. The monoisotopic (exact) mass is 282 g/mol. The van der Waals surface area contributed by atoms with E-state index in [2.05, 4.69) is 21.4 Å². The van der Waals surface area contributed by atoms with Gasteiger partial charge in [0.05, 0.1) is 0 Å². The second-order valence-electron chi connectivity index (χ2n) is 5.15. The van der Waals surface area contributed by atoms with Crippen LogP contribution in [0, 0.1) is 6.92 Å². The molecule has 2 heterocycles. The van der Waals surface area contributed by atoms with E-state index in [4.69, 9.17) is 0 Å². The minimum absolute atomic E-state index is 0.206. The Bertz CT molecular complexity index is 684. The minimum Gasteiger partial charge on any atom is -0.340 e. The van der Waals surface area contributed by atoms with Crippen LogP contribution in [-0.2, 0) is 11.2 Å². The first kappa shape index (κ1) is 13.5. The number of fused-ring (bicyclic) bond motifs is 1. The molecule has 0 unspecified atom stereocenters. The summed E-state index contributed by atoms with van der Waals surface area (Å²) in [6.45, 7) is 4.65. The first-order valence-corrected chi connectivity index (χ1v) is 7.16. The van der Waals surface area contributed by atoms with E-state index in [0.29, 0.717) is 13.0 Å². The lowest BCUT2D eigenvalue weighted by molar-refractivity contribution is -0.118. The fourth-order valence-electron chi connectivity index (χ4n) is 2.66. The summed E-state index contributed by atoms with van der Waals surface area (Å²) in [5, 5.41) is 3.28. The van der Waals surface area contributed by atoms with Gasteiger partial charge in [0.1, 0.15) is 12.1 Å². The molecule has 5 nitrogen and oxygen atoms in total. The SMILES string of the molecule is CCN1C(=O)CCc2cc(Nc3cc(C)ncn3)ccc21. The molecule has 0 aliphatic carbocycles. The molecule has 1 N–H and O–H groups in total. The first-order chi connectivity index (χ1) is 10.2. The van der Waals surface area contributed by atoms with Crippen LogP contribution in [0.2, 0.25) is 0 Å². The van der Waals surface area contributed by atoms with Gasteiger partial charge in [0, 0.05) is 36.1 Å². The van der Waals surface area contributed by atoms with Crippen LogP contribution in [0.4, 0.5) is 17.2 Å². The molecule has 2 aromatic rings. The quantitative estimate of drug-likeness (QED) is 0.940. The minimum atomic E-state index is 0.206. The maximum absolute atomic E-state index is 11.9. The van der Waals surface area contributed by atoms with Crippen molar-refractivity contribution in [1.82, 2.24) is 9.97 Å². The highest BCUT2D eigenvalue weighted by atomic mass is 16.2. The van der Waals surface area contributed by atoms with Crippen molar-refractivity contribution in [2.75, 3.05) is 16.8 Å². The first-order valence-electron chi connectivity index (χ1n) is 7.16. The van der Waals surface area contributed by atoms with E-state index in [0.717, 1.165) is 29.3 Å². The summed E-state index contributed by atoms with van der Waals surface area (Å²) in [5.41, 5.74) is 4.14. The van der Waals surface area contributed by atoms with Crippen molar-refractivity contribution in [2.45, 2.75) is 26.7 Å². The van der Waals surface area contributed by atoms with Gasteiger partial charge in [-0.1, -0.05) is 0 Å². The second kappa shape index (κ2) is 5.52. The van der Waals surface area contributed by atoms with Crippen molar-refractivity contribution in [1.29, 1.82) is 0 Å². The zero-order valence-corrected chi connectivity index (χ0v) is 12.3. The topological polar surface area (TPSA) is 58.1 Å². The molecule has 0 atom stereocenters. The molecule has 21 heavy (non-hydrogen) atoms. The molecule has 0 spiro atoms. The van der Waals surface area contributed by atoms with Crippen molar-refractivity contribution in [3.63, 3.8) is 0 Å². The van der Waals surface area contributed by atoms with Gasteiger partial charge in [0.25, 0.3) is 0 Å². The number of carbonyl (C=O) groups is 1. The molecule has 0 saturated carbocycles. The molecule has 0 radical (unpaired) electrons. The van der Waals surface area contributed by atoms with Gasteiger partial charge in [0.2, 0.25) is 5.91 Å². The summed E-state index contributed by atoms with van der Waals surface area (Å²) in [6.07, 6.45) is 2.92. The van der Waals surface area contributed by atoms with E-state index in [1.807, 2.05) is 36.9 Å². The Hall–Kier alpha value is -2.43. The number of amides is 1. The molecule has 1 aromatic heterocycles. The zero-order valence-electron chi connectivity index (χ0n) is 12.3. The number of hydrogen-bond acceptors (Lipinski definition) is 4. The number of nitrogens with one attached hydrogen (secondary N) is 1. The van der Waals surface area contributed by atoms with Gasteiger partial charge < -0.3 is 10.2 Å². The molecule has 0 saturated heterocycles. The third-order valence-electron chi connectivity index (χ3n) is 3.67. The molecule has 1 aliphatic rings. The van der Waals surface area contributed by atoms with E-state index in [9.17, 15) is 4.79 Å². The molecule has 0 fully saturated rings. The zero-order chi connectivity index (χ0) is 14.8. The van der Waals surface area contributed by atoms with E-state index in [-0.39, 0.29) is 5.91 Å². The lowest BCUT2D eigenvalue weighted by Gasteiger charge is -2.28. The van der Waals surface area contributed by atoms with Crippen molar-refractivity contribution in [2.24, 2.45) is 0 Å². The van der Waals surface area contributed by atoms with Crippen LogP contribution in [-0.4, -0.2) is 22.4 Å². The Balaban J connectivity index is 1.88. The van der Waals surface area contributed by atoms with Crippen LogP contribution in [0.5, 0.6) is 0 Å².